The number of nitrogens with two attached hydrogens (primary N) is 2. The van der Waals surface area contributed by atoms with Gasteiger partial charge in [0.1, 0.15) is 12.1 Å². The molecule has 4 N–H and O–H groups in total. The summed E-state index contributed by atoms with van der Waals surface area (Å²) >= 11 is 0. The van der Waals surface area contributed by atoms with Crippen molar-refractivity contribution in [3.63, 3.8) is 0 Å². The van der Waals surface area contributed by atoms with E-state index in [0.29, 0.717) is 6.42 Å². The fraction of sp³-hybridized carbons (Fsp3) is 0.417. The molecule has 1 aromatic carbocycles. The molecule has 0 aromatic heterocycles. The Hall–Kier alpha value is -2.15. The molecule has 104 valence electrons. The zero-order valence-electron chi connectivity index (χ0n) is 10.9. The van der Waals surface area contributed by atoms with E-state index < -0.39 is 16.4 Å². The first-order chi connectivity index (χ1) is 8.77. The number of nitrogens with zero attached hydrogens (tertiary/aromatic N) is 1. The molecule has 1 rings (SSSR count). The van der Waals surface area contributed by atoms with Crippen LogP contribution in [0.15, 0.2) is 18.2 Å². The molecule has 0 saturated carbocycles. The molecule has 1 aromatic rings. The predicted molar refractivity (Wildman–Crippen MR) is 69.8 cm³/mol. The molecule has 0 radical (unpaired) electrons. The van der Waals surface area contributed by atoms with Crippen molar-refractivity contribution in [3.05, 3.63) is 33.9 Å². The topological polar surface area (TPSA) is 121 Å². The molecule has 19 heavy (non-hydrogen) atoms. The summed E-state index contributed by atoms with van der Waals surface area (Å²) in [5, 5.41) is 11.0. The van der Waals surface area contributed by atoms with Crippen LogP contribution < -0.4 is 16.2 Å². The van der Waals surface area contributed by atoms with Crippen LogP contribution in [0, 0.1) is 10.1 Å². The van der Waals surface area contributed by atoms with E-state index >= 15 is 0 Å². The highest BCUT2D eigenvalue weighted by molar-refractivity contribution is 5.84. The molecule has 0 heterocycles. The maximum atomic E-state index is 11.0. The van der Waals surface area contributed by atoms with E-state index in [9.17, 15) is 14.9 Å². The minimum atomic E-state index is -1.38. The second kappa shape index (κ2) is 5.66. The lowest BCUT2D eigenvalue weighted by Gasteiger charge is -2.20. The van der Waals surface area contributed by atoms with Crippen LogP contribution in [0.1, 0.15) is 19.4 Å². The van der Waals surface area contributed by atoms with Crippen LogP contribution in [-0.4, -0.2) is 23.0 Å². The van der Waals surface area contributed by atoms with Crippen LogP contribution in [0.2, 0.25) is 0 Å². The van der Waals surface area contributed by atoms with Gasteiger partial charge in [-0.25, -0.2) is 0 Å². The standard InChI is InChI=1S/C12H17N3O4/c1-3-8-4-5-10(9(6-8)15(17)18)19-7-12(2,14)11(13)16/h4-6H,3,7,14H2,1-2H3,(H2,13,16). The third-order valence-corrected chi connectivity index (χ3v) is 2.72. The second-order valence-electron chi connectivity index (χ2n) is 4.48. The van der Waals surface area contributed by atoms with Crippen molar-refractivity contribution in [1.29, 1.82) is 0 Å². The van der Waals surface area contributed by atoms with Crippen molar-refractivity contribution in [3.8, 4) is 5.75 Å². The number of carbonyl (C=O) groups is 1. The highest BCUT2D eigenvalue weighted by Crippen LogP contribution is 2.28. The van der Waals surface area contributed by atoms with Crippen LogP contribution in [-0.2, 0) is 11.2 Å². The lowest BCUT2D eigenvalue weighted by atomic mass is 10.1. The number of ether oxygens (including phenoxy) is 1. The maximum absolute atomic E-state index is 11.0. The zero-order chi connectivity index (χ0) is 14.6. The summed E-state index contributed by atoms with van der Waals surface area (Å²) in [6.07, 6.45) is 0.678. The van der Waals surface area contributed by atoms with Crippen LogP contribution >= 0.6 is 0 Å². The number of carbonyl (C=O) groups excluding carboxylic acids is 1. The third kappa shape index (κ3) is 3.65. The fourth-order valence-corrected chi connectivity index (χ4v) is 1.35. The van der Waals surface area contributed by atoms with E-state index in [-0.39, 0.29) is 18.0 Å². The Labute approximate surface area is 110 Å². The number of hydrogen-bond acceptors (Lipinski definition) is 5. The number of primary amides is 1. The predicted octanol–water partition coefficient (Wildman–Crippen LogP) is 0.739. The van der Waals surface area contributed by atoms with E-state index in [1.54, 1.807) is 6.07 Å². The van der Waals surface area contributed by atoms with Gasteiger partial charge in [0.05, 0.1) is 4.92 Å². The molecule has 1 amide bonds. The first-order valence-corrected chi connectivity index (χ1v) is 5.77. The van der Waals surface area contributed by atoms with Gasteiger partial charge in [-0.2, -0.15) is 0 Å². The van der Waals surface area contributed by atoms with Crippen molar-refractivity contribution < 1.29 is 14.5 Å². The minimum absolute atomic E-state index is 0.0696. The Morgan fingerprint density at radius 1 is 1.53 bits per heavy atom. The van der Waals surface area contributed by atoms with Gasteiger partial charge in [0, 0.05) is 6.07 Å². The van der Waals surface area contributed by atoms with Gasteiger partial charge < -0.3 is 16.2 Å². The summed E-state index contributed by atoms with van der Waals surface area (Å²) < 4.78 is 5.26. The lowest BCUT2D eigenvalue weighted by molar-refractivity contribution is -0.386. The van der Waals surface area contributed by atoms with Gasteiger partial charge >= 0.3 is 5.69 Å². The Bertz CT molecular complexity index is 500. The average Bonchev–Trinajstić information content (AvgIpc) is 2.35. The van der Waals surface area contributed by atoms with Gasteiger partial charge in [-0.15, -0.1) is 0 Å². The number of aryl methyl sites for hydroxylation is 1. The Kier molecular flexibility index (Phi) is 4.44. The van der Waals surface area contributed by atoms with Gasteiger partial charge in [-0.05, 0) is 25.0 Å². The van der Waals surface area contributed by atoms with Crippen LogP contribution in [0.4, 0.5) is 5.69 Å². The highest BCUT2D eigenvalue weighted by atomic mass is 16.6. The molecule has 7 heteroatoms. The number of amides is 1. The van der Waals surface area contributed by atoms with Gasteiger partial charge in [-0.3, -0.25) is 14.9 Å². The van der Waals surface area contributed by atoms with E-state index in [4.69, 9.17) is 16.2 Å². The molecular weight excluding hydrogens is 250 g/mol. The quantitative estimate of drug-likeness (QED) is 0.581. The molecule has 0 aliphatic carbocycles. The number of benzene rings is 1. The largest absolute Gasteiger partial charge is 0.484 e. The molecule has 0 saturated heterocycles. The van der Waals surface area contributed by atoms with E-state index in [2.05, 4.69) is 0 Å². The monoisotopic (exact) mass is 267 g/mol. The summed E-state index contributed by atoms with van der Waals surface area (Å²) in [7, 11) is 0. The van der Waals surface area contributed by atoms with E-state index in [1.807, 2.05) is 6.92 Å². The van der Waals surface area contributed by atoms with Gasteiger partial charge in [-0.1, -0.05) is 13.0 Å². The highest BCUT2D eigenvalue weighted by Gasteiger charge is 2.28. The van der Waals surface area contributed by atoms with Crippen LogP contribution in [0.5, 0.6) is 5.75 Å². The summed E-state index contributed by atoms with van der Waals surface area (Å²) in [6, 6.07) is 4.65. The van der Waals surface area contributed by atoms with Gasteiger partial charge in [0.25, 0.3) is 0 Å². The molecule has 0 fully saturated rings. The number of nitro benzene ring substituents is 1. The van der Waals surface area contributed by atoms with Crippen molar-refractivity contribution in [2.75, 3.05) is 6.61 Å². The maximum Gasteiger partial charge on any atom is 0.311 e. The molecule has 1 unspecified atom stereocenters. The van der Waals surface area contributed by atoms with Crippen LogP contribution in [0.3, 0.4) is 0 Å². The van der Waals surface area contributed by atoms with E-state index in [1.165, 1.54) is 19.1 Å². The summed E-state index contributed by atoms with van der Waals surface area (Å²) in [5.41, 5.74) is 10.0. The average molecular weight is 267 g/mol. The van der Waals surface area contributed by atoms with Crippen molar-refractivity contribution in [1.82, 2.24) is 0 Å². The SMILES string of the molecule is CCc1ccc(OCC(C)(N)C(N)=O)c([N+](=O)[O-])c1. The molecular formula is C12H17N3O4. The summed E-state index contributed by atoms with van der Waals surface area (Å²) in [5.74, 6) is -0.666. The van der Waals surface area contributed by atoms with Crippen molar-refractivity contribution >= 4 is 11.6 Å². The molecule has 0 spiro atoms. The van der Waals surface area contributed by atoms with Crippen LogP contribution in [0.25, 0.3) is 0 Å². The Morgan fingerprint density at radius 2 is 2.16 bits per heavy atom. The fourth-order valence-electron chi connectivity index (χ4n) is 1.35. The Morgan fingerprint density at radius 3 is 2.63 bits per heavy atom. The van der Waals surface area contributed by atoms with Gasteiger partial charge in [0.2, 0.25) is 5.91 Å². The lowest BCUT2D eigenvalue weighted by Crippen LogP contribution is -2.53. The Balaban J connectivity index is 2.95. The summed E-state index contributed by atoms with van der Waals surface area (Å²) in [4.78, 5) is 21.5. The molecule has 1 atom stereocenters. The minimum Gasteiger partial charge on any atom is -0.484 e. The molecule has 0 aliphatic heterocycles. The van der Waals surface area contributed by atoms with E-state index in [0.717, 1.165) is 5.56 Å². The molecule has 0 aliphatic rings. The smallest absolute Gasteiger partial charge is 0.311 e. The van der Waals surface area contributed by atoms with Gasteiger partial charge in [0.15, 0.2) is 5.75 Å². The number of nitro groups is 1. The molecule has 7 nitrogen and oxygen atoms in total. The second-order valence-corrected chi connectivity index (χ2v) is 4.48. The first kappa shape index (κ1) is 14.9. The zero-order valence-corrected chi connectivity index (χ0v) is 10.9. The third-order valence-electron chi connectivity index (χ3n) is 2.72. The number of rotatable bonds is 6. The van der Waals surface area contributed by atoms with Crippen molar-refractivity contribution in [2.45, 2.75) is 25.8 Å². The van der Waals surface area contributed by atoms with Crippen molar-refractivity contribution in [2.24, 2.45) is 11.5 Å². The number of hydrogen-bond donors (Lipinski definition) is 2. The first-order valence-electron chi connectivity index (χ1n) is 5.77. The summed E-state index contributed by atoms with van der Waals surface area (Å²) in [6.45, 7) is 3.07. The normalized spacial score (nSPS) is 13.6. The molecule has 0 bridgehead atoms.